The zero-order chi connectivity index (χ0) is 19.7. The predicted molar refractivity (Wildman–Crippen MR) is 112 cm³/mol. The second-order valence-electron chi connectivity index (χ2n) is 6.00. The molecule has 0 spiro atoms. The SMILES string of the molecule is CCOc1ccc(Cn2c(=O)c3sccc3n3c(SC)nnc23)cc1OCC. The first-order chi connectivity index (χ1) is 13.7. The van der Waals surface area contributed by atoms with Crippen molar-refractivity contribution in [3.63, 3.8) is 0 Å². The van der Waals surface area contributed by atoms with Crippen molar-refractivity contribution in [3.8, 4) is 11.5 Å². The van der Waals surface area contributed by atoms with Gasteiger partial charge < -0.3 is 9.47 Å². The van der Waals surface area contributed by atoms with Crippen LogP contribution in [0.25, 0.3) is 16.0 Å². The van der Waals surface area contributed by atoms with Crippen LogP contribution in [0, 0.1) is 0 Å². The van der Waals surface area contributed by atoms with Gasteiger partial charge in [0.1, 0.15) is 4.70 Å². The minimum absolute atomic E-state index is 0.0654. The number of thiophene rings is 1. The summed E-state index contributed by atoms with van der Waals surface area (Å²) in [5, 5.41) is 11.2. The van der Waals surface area contributed by atoms with Crippen LogP contribution < -0.4 is 15.0 Å². The summed E-state index contributed by atoms with van der Waals surface area (Å²) < 4.78 is 15.6. The summed E-state index contributed by atoms with van der Waals surface area (Å²) in [4.78, 5) is 13.1. The summed E-state index contributed by atoms with van der Waals surface area (Å²) in [6.45, 7) is 5.34. The molecule has 3 aromatic heterocycles. The van der Waals surface area contributed by atoms with Crippen molar-refractivity contribution >= 4 is 39.1 Å². The molecular formula is C19H20N4O3S2. The summed E-state index contributed by atoms with van der Waals surface area (Å²) in [5.41, 5.74) is 1.71. The third-order valence-electron chi connectivity index (χ3n) is 4.31. The average molecular weight is 417 g/mol. The molecule has 3 heterocycles. The summed E-state index contributed by atoms with van der Waals surface area (Å²) in [5.74, 6) is 1.91. The van der Waals surface area contributed by atoms with E-state index in [0.29, 0.717) is 41.7 Å². The van der Waals surface area contributed by atoms with Crippen molar-refractivity contribution in [3.05, 3.63) is 45.6 Å². The van der Waals surface area contributed by atoms with E-state index in [2.05, 4.69) is 10.2 Å². The molecule has 4 aromatic rings. The second kappa shape index (κ2) is 7.84. The van der Waals surface area contributed by atoms with Gasteiger partial charge in [-0.15, -0.1) is 21.5 Å². The first kappa shape index (κ1) is 18.8. The number of rotatable bonds is 7. The van der Waals surface area contributed by atoms with Gasteiger partial charge in [-0.3, -0.25) is 13.8 Å². The van der Waals surface area contributed by atoms with Crippen LogP contribution in [0.4, 0.5) is 0 Å². The molecule has 0 unspecified atom stereocenters. The van der Waals surface area contributed by atoms with Crippen LogP contribution >= 0.6 is 23.1 Å². The molecule has 0 aliphatic heterocycles. The highest BCUT2D eigenvalue weighted by Gasteiger charge is 2.18. The molecule has 1 aromatic carbocycles. The van der Waals surface area contributed by atoms with E-state index in [1.54, 1.807) is 4.57 Å². The quantitative estimate of drug-likeness (QED) is 0.428. The third-order valence-corrected chi connectivity index (χ3v) is 5.83. The van der Waals surface area contributed by atoms with Crippen LogP contribution in [0.3, 0.4) is 0 Å². The summed E-state index contributed by atoms with van der Waals surface area (Å²) >= 11 is 2.94. The Morgan fingerprint density at radius 2 is 1.89 bits per heavy atom. The molecule has 0 aliphatic carbocycles. The zero-order valence-corrected chi connectivity index (χ0v) is 17.5. The monoisotopic (exact) mass is 416 g/mol. The fraction of sp³-hybridized carbons (Fsp3) is 0.316. The van der Waals surface area contributed by atoms with Gasteiger partial charge in [-0.05, 0) is 49.2 Å². The lowest BCUT2D eigenvalue weighted by Gasteiger charge is -2.14. The fourth-order valence-corrected chi connectivity index (χ4v) is 4.46. The maximum Gasteiger partial charge on any atom is 0.273 e. The lowest BCUT2D eigenvalue weighted by Crippen LogP contribution is -2.23. The van der Waals surface area contributed by atoms with Gasteiger partial charge in [0, 0.05) is 0 Å². The first-order valence-electron chi connectivity index (χ1n) is 8.95. The number of fused-ring (bicyclic) bond motifs is 3. The van der Waals surface area contributed by atoms with Crippen molar-refractivity contribution in [2.45, 2.75) is 25.5 Å². The first-order valence-corrected chi connectivity index (χ1v) is 11.1. The van der Waals surface area contributed by atoms with E-state index in [1.165, 1.54) is 23.1 Å². The molecule has 0 aliphatic rings. The number of nitrogens with zero attached hydrogens (tertiary/aromatic N) is 4. The number of thioether (sulfide) groups is 1. The molecule has 0 saturated heterocycles. The highest BCUT2D eigenvalue weighted by Crippen LogP contribution is 2.29. The van der Waals surface area contributed by atoms with Gasteiger partial charge in [0.15, 0.2) is 16.7 Å². The molecule has 0 N–H and O–H groups in total. The highest BCUT2D eigenvalue weighted by atomic mass is 32.2. The van der Waals surface area contributed by atoms with Crippen molar-refractivity contribution in [1.82, 2.24) is 19.2 Å². The van der Waals surface area contributed by atoms with Crippen molar-refractivity contribution in [1.29, 1.82) is 0 Å². The maximum atomic E-state index is 13.1. The molecule has 9 heteroatoms. The minimum Gasteiger partial charge on any atom is -0.490 e. The van der Waals surface area contributed by atoms with E-state index in [4.69, 9.17) is 9.47 Å². The van der Waals surface area contributed by atoms with E-state index in [9.17, 15) is 4.79 Å². The van der Waals surface area contributed by atoms with E-state index in [1.807, 2.05) is 54.1 Å². The van der Waals surface area contributed by atoms with Crippen molar-refractivity contribution in [2.75, 3.05) is 19.5 Å². The Hall–Kier alpha value is -2.52. The van der Waals surface area contributed by atoms with Crippen LogP contribution in [0.1, 0.15) is 19.4 Å². The van der Waals surface area contributed by atoms with E-state index >= 15 is 0 Å². The van der Waals surface area contributed by atoms with Gasteiger partial charge in [-0.1, -0.05) is 17.8 Å². The van der Waals surface area contributed by atoms with Gasteiger partial charge in [-0.25, -0.2) is 0 Å². The topological polar surface area (TPSA) is 70.7 Å². The van der Waals surface area contributed by atoms with Crippen molar-refractivity contribution in [2.24, 2.45) is 0 Å². The predicted octanol–water partition coefficient (Wildman–Crippen LogP) is 3.67. The molecule has 0 atom stereocenters. The summed E-state index contributed by atoms with van der Waals surface area (Å²) in [7, 11) is 0. The van der Waals surface area contributed by atoms with Gasteiger partial charge in [0.25, 0.3) is 5.56 Å². The Morgan fingerprint density at radius 3 is 2.64 bits per heavy atom. The van der Waals surface area contributed by atoms with Gasteiger partial charge in [0.05, 0.1) is 25.3 Å². The smallest absolute Gasteiger partial charge is 0.273 e. The van der Waals surface area contributed by atoms with E-state index in [-0.39, 0.29) is 5.56 Å². The molecule has 0 radical (unpaired) electrons. The number of aromatic nitrogens is 4. The summed E-state index contributed by atoms with van der Waals surface area (Å²) in [6.07, 6.45) is 1.95. The molecule has 0 amide bonds. The Kier molecular flexibility index (Phi) is 5.27. The van der Waals surface area contributed by atoms with Crippen LogP contribution in [0.2, 0.25) is 0 Å². The number of hydrogen-bond donors (Lipinski definition) is 0. The molecule has 0 fully saturated rings. The van der Waals surface area contributed by atoms with Crippen LogP contribution in [0.5, 0.6) is 11.5 Å². The van der Waals surface area contributed by atoms with Crippen molar-refractivity contribution < 1.29 is 9.47 Å². The molecule has 146 valence electrons. The molecule has 4 rings (SSSR count). The molecule has 28 heavy (non-hydrogen) atoms. The molecule has 0 bridgehead atoms. The molecule has 7 nitrogen and oxygen atoms in total. The minimum atomic E-state index is -0.0654. The largest absolute Gasteiger partial charge is 0.490 e. The Morgan fingerprint density at radius 1 is 1.11 bits per heavy atom. The highest BCUT2D eigenvalue weighted by molar-refractivity contribution is 7.98. The number of benzene rings is 1. The lowest BCUT2D eigenvalue weighted by molar-refractivity contribution is 0.287. The summed E-state index contributed by atoms with van der Waals surface area (Å²) in [6, 6.07) is 7.68. The van der Waals surface area contributed by atoms with Crippen LogP contribution in [-0.4, -0.2) is 38.6 Å². The fourth-order valence-electron chi connectivity index (χ4n) is 3.15. The van der Waals surface area contributed by atoms with Gasteiger partial charge in [-0.2, -0.15) is 0 Å². The maximum absolute atomic E-state index is 13.1. The van der Waals surface area contributed by atoms with Crippen LogP contribution in [0.15, 0.2) is 39.6 Å². The van der Waals surface area contributed by atoms with Crippen LogP contribution in [-0.2, 0) is 6.54 Å². The molecular weight excluding hydrogens is 396 g/mol. The normalized spacial score (nSPS) is 11.4. The van der Waals surface area contributed by atoms with E-state index in [0.717, 1.165) is 16.2 Å². The molecule has 0 saturated carbocycles. The average Bonchev–Trinajstić information content (AvgIpc) is 3.34. The Balaban J connectivity index is 1.85. The zero-order valence-electron chi connectivity index (χ0n) is 15.8. The lowest BCUT2D eigenvalue weighted by atomic mass is 10.2. The van der Waals surface area contributed by atoms with Gasteiger partial charge in [0.2, 0.25) is 5.78 Å². The standard InChI is InChI=1S/C19H20N4O3S2/c1-4-25-14-7-6-12(10-15(14)26-5-2)11-22-17(24)16-13(8-9-28-16)23-18(22)20-21-19(23)27-3/h6-10H,4-5,11H2,1-3H3. The number of hydrogen-bond acceptors (Lipinski definition) is 7. The number of ether oxygens (including phenoxy) is 2. The Labute approximate surface area is 169 Å². The third kappa shape index (κ3) is 3.14. The van der Waals surface area contributed by atoms with Gasteiger partial charge >= 0.3 is 0 Å². The second-order valence-corrected chi connectivity index (χ2v) is 7.68. The Bertz CT molecular complexity index is 1200. The van der Waals surface area contributed by atoms with E-state index < -0.39 is 0 Å².